The van der Waals surface area contributed by atoms with Gasteiger partial charge in [-0.25, -0.2) is 9.78 Å². The number of phenolic OH excluding ortho intramolecular Hbond substituents is 1. The Morgan fingerprint density at radius 1 is 1.17 bits per heavy atom. The van der Waals surface area contributed by atoms with Crippen LogP contribution in [0.3, 0.4) is 0 Å². The number of hydrogen-bond acceptors (Lipinski definition) is 5. The van der Waals surface area contributed by atoms with Gasteiger partial charge in [0.2, 0.25) is 0 Å². The summed E-state index contributed by atoms with van der Waals surface area (Å²) in [4.78, 5) is 16.7. The number of benzene rings is 1. The van der Waals surface area contributed by atoms with Crippen LogP contribution in [0, 0.1) is 5.92 Å². The van der Waals surface area contributed by atoms with E-state index >= 15 is 0 Å². The zero-order valence-electron chi connectivity index (χ0n) is 16.3. The highest BCUT2D eigenvalue weighted by Crippen LogP contribution is 2.42. The number of phenols is 1. The average Bonchev–Trinajstić information content (AvgIpc) is 3.56. The molecule has 4 N–H and O–H groups in total. The maximum Gasteiger partial charge on any atom is 0.320 e. The second kappa shape index (κ2) is 7.55. The molecule has 2 amide bonds. The smallest absolute Gasteiger partial charge is 0.320 e. The van der Waals surface area contributed by atoms with Crippen LogP contribution in [0.2, 0.25) is 0 Å². The standard InChI is InChI=1S/C22H26N4O3/c27-18-2-1-3-19(29-12-13-4-5-13)20(18)17-10-15(14-6-8-23-9-7-14)16-11-24-22(28)26-21(16)25-17/h1-3,10,13-14,23,27H,4-9,11-12H2,(H2,24,25,26,28). The van der Waals surface area contributed by atoms with Crippen molar-refractivity contribution in [1.29, 1.82) is 0 Å². The minimum Gasteiger partial charge on any atom is -0.507 e. The third-order valence-corrected chi connectivity index (χ3v) is 6.03. The minimum atomic E-state index is -0.249. The summed E-state index contributed by atoms with van der Waals surface area (Å²) in [5, 5.41) is 19.8. The molecule has 2 aromatic rings. The summed E-state index contributed by atoms with van der Waals surface area (Å²) in [5.41, 5.74) is 3.47. The van der Waals surface area contributed by atoms with Gasteiger partial charge in [0.1, 0.15) is 17.3 Å². The van der Waals surface area contributed by atoms with Gasteiger partial charge in [0.25, 0.3) is 0 Å². The monoisotopic (exact) mass is 394 g/mol. The first-order chi connectivity index (χ1) is 14.2. The first-order valence-corrected chi connectivity index (χ1v) is 10.4. The van der Waals surface area contributed by atoms with Crippen LogP contribution in [0.1, 0.15) is 42.7 Å². The number of aromatic hydroxyl groups is 1. The van der Waals surface area contributed by atoms with Gasteiger partial charge >= 0.3 is 6.03 Å². The third kappa shape index (κ3) is 3.74. The molecule has 3 aliphatic rings. The van der Waals surface area contributed by atoms with Crippen LogP contribution in [-0.4, -0.2) is 35.8 Å². The van der Waals surface area contributed by atoms with E-state index in [1.165, 1.54) is 18.4 Å². The fourth-order valence-corrected chi connectivity index (χ4v) is 4.22. The fraction of sp³-hybridized carbons (Fsp3) is 0.455. The Kier molecular flexibility index (Phi) is 4.75. The highest BCUT2D eigenvalue weighted by molar-refractivity contribution is 5.92. The molecule has 1 saturated carbocycles. The van der Waals surface area contributed by atoms with E-state index in [9.17, 15) is 9.90 Å². The molecular formula is C22H26N4O3. The van der Waals surface area contributed by atoms with E-state index in [4.69, 9.17) is 9.72 Å². The molecule has 2 aliphatic heterocycles. The molecule has 0 spiro atoms. The van der Waals surface area contributed by atoms with E-state index in [0.29, 0.717) is 47.8 Å². The third-order valence-electron chi connectivity index (χ3n) is 6.03. The largest absolute Gasteiger partial charge is 0.507 e. The fourth-order valence-electron chi connectivity index (χ4n) is 4.22. The number of ether oxygens (including phenoxy) is 1. The number of fused-ring (bicyclic) bond motifs is 1. The number of urea groups is 1. The Balaban J connectivity index is 1.59. The van der Waals surface area contributed by atoms with E-state index in [1.54, 1.807) is 12.1 Å². The van der Waals surface area contributed by atoms with Crippen LogP contribution in [0.15, 0.2) is 24.3 Å². The van der Waals surface area contributed by atoms with Gasteiger partial charge in [-0.1, -0.05) is 6.07 Å². The molecule has 1 aliphatic carbocycles. The second-order valence-corrected chi connectivity index (χ2v) is 8.16. The summed E-state index contributed by atoms with van der Waals surface area (Å²) in [7, 11) is 0. The number of nitrogens with zero attached hydrogens (tertiary/aromatic N) is 1. The van der Waals surface area contributed by atoms with E-state index < -0.39 is 0 Å². The molecule has 0 bridgehead atoms. The molecule has 7 nitrogen and oxygen atoms in total. The van der Waals surface area contributed by atoms with Crippen molar-refractivity contribution in [3.05, 3.63) is 35.4 Å². The van der Waals surface area contributed by atoms with Gasteiger partial charge in [0.05, 0.1) is 17.9 Å². The quantitative estimate of drug-likeness (QED) is 0.624. The van der Waals surface area contributed by atoms with Crippen molar-refractivity contribution in [2.24, 2.45) is 5.92 Å². The zero-order valence-corrected chi connectivity index (χ0v) is 16.3. The van der Waals surface area contributed by atoms with Crippen LogP contribution in [0.25, 0.3) is 11.3 Å². The van der Waals surface area contributed by atoms with E-state index in [0.717, 1.165) is 31.5 Å². The van der Waals surface area contributed by atoms with Gasteiger partial charge in [-0.2, -0.15) is 0 Å². The first kappa shape index (κ1) is 18.2. The first-order valence-electron chi connectivity index (χ1n) is 10.4. The van der Waals surface area contributed by atoms with Crippen molar-refractivity contribution in [1.82, 2.24) is 15.6 Å². The van der Waals surface area contributed by atoms with Gasteiger partial charge in [-0.3, -0.25) is 5.32 Å². The van der Waals surface area contributed by atoms with Gasteiger partial charge in [-0.15, -0.1) is 0 Å². The lowest BCUT2D eigenvalue weighted by atomic mass is 9.86. The van der Waals surface area contributed by atoms with E-state index in [-0.39, 0.29) is 11.8 Å². The van der Waals surface area contributed by atoms with Gasteiger partial charge < -0.3 is 20.5 Å². The number of pyridine rings is 1. The number of aromatic nitrogens is 1. The molecule has 5 rings (SSSR count). The maximum absolute atomic E-state index is 11.9. The predicted molar refractivity (Wildman–Crippen MR) is 110 cm³/mol. The van der Waals surface area contributed by atoms with Gasteiger partial charge in [0, 0.05) is 12.1 Å². The van der Waals surface area contributed by atoms with Gasteiger partial charge in [0.15, 0.2) is 0 Å². The summed E-state index contributed by atoms with van der Waals surface area (Å²) in [6.45, 7) is 3.08. The molecule has 0 atom stereocenters. The molecule has 3 heterocycles. The Hall–Kier alpha value is -2.80. The molecule has 1 saturated heterocycles. The van der Waals surface area contributed by atoms with Gasteiger partial charge in [-0.05, 0) is 74.4 Å². The number of nitrogens with one attached hydrogen (secondary N) is 3. The summed E-state index contributed by atoms with van der Waals surface area (Å²) < 4.78 is 6.04. The summed E-state index contributed by atoms with van der Waals surface area (Å²) >= 11 is 0. The molecule has 7 heteroatoms. The van der Waals surface area contributed by atoms with Crippen LogP contribution in [0.5, 0.6) is 11.5 Å². The molecule has 2 fully saturated rings. The maximum atomic E-state index is 11.9. The SMILES string of the molecule is O=C1NCc2c(C3CCNCC3)cc(-c3c(O)cccc3OCC3CC3)nc2N1. The van der Waals surface area contributed by atoms with Crippen molar-refractivity contribution in [2.75, 3.05) is 25.0 Å². The lowest BCUT2D eigenvalue weighted by Gasteiger charge is -2.29. The Morgan fingerprint density at radius 3 is 2.79 bits per heavy atom. The number of anilines is 1. The average molecular weight is 394 g/mol. The molecule has 0 unspecified atom stereocenters. The van der Waals surface area contributed by atoms with Crippen molar-refractivity contribution >= 4 is 11.8 Å². The van der Waals surface area contributed by atoms with Crippen LogP contribution in [0.4, 0.5) is 10.6 Å². The second-order valence-electron chi connectivity index (χ2n) is 8.16. The Labute approximate surface area is 169 Å². The van der Waals surface area contributed by atoms with E-state index in [2.05, 4.69) is 22.0 Å². The number of hydrogen-bond donors (Lipinski definition) is 4. The Bertz CT molecular complexity index is 936. The number of rotatable bonds is 5. The van der Waals surface area contributed by atoms with Crippen molar-refractivity contribution in [3.8, 4) is 22.8 Å². The lowest BCUT2D eigenvalue weighted by Crippen LogP contribution is -2.35. The van der Waals surface area contributed by atoms with Crippen LogP contribution in [-0.2, 0) is 6.54 Å². The minimum absolute atomic E-state index is 0.141. The molecule has 1 aromatic carbocycles. The van der Waals surface area contributed by atoms with Crippen LogP contribution < -0.4 is 20.7 Å². The normalized spacial score (nSPS) is 19.2. The highest BCUT2D eigenvalue weighted by atomic mass is 16.5. The Morgan fingerprint density at radius 2 is 2.00 bits per heavy atom. The van der Waals surface area contributed by atoms with Crippen molar-refractivity contribution in [2.45, 2.75) is 38.1 Å². The van der Waals surface area contributed by atoms with Crippen LogP contribution >= 0.6 is 0 Å². The summed E-state index contributed by atoms with van der Waals surface area (Å²) in [5.74, 6) is 2.36. The number of piperidine rings is 1. The zero-order chi connectivity index (χ0) is 19.8. The molecule has 29 heavy (non-hydrogen) atoms. The summed E-state index contributed by atoms with van der Waals surface area (Å²) in [6, 6.07) is 7.15. The molecule has 152 valence electrons. The summed E-state index contributed by atoms with van der Waals surface area (Å²) in [6.07, 6.45) is 4.47. The molecule has 1 aromatic heterocycles. The van der Waals surface area contributed by atoms with Crippen molar-refractivity contribution < 1.29 is 14.6 Å². The highest BCUT2D eigenvalue weighted by Gasteiger charge is 2.28. The topological polar surface area (TPSA) is 95.5 Å². The number of carbonyl (C=O) groups excluding carboxylic acids is 1. The number of carbonyl (C=O) groups is 1. The van der Waals surface area contributed by atoms with E-state index in [1.807, 2.05) is 6.07 Å². The van der Waals surface area contributed by atoms with Crippen molar-refractivity contribution in [3.63, 3.8) is 0 Å². The molecular weight excluding hydrogens is 368 g/mol. The number of amides is 2. The lowest BCUT2D eigenvalue weighted by molar-refractivity contribution is 0.250. The molecule has 0 radical (unpaired) electrons. The predicted octanol–water partition coefficient (Wildman–Crippen LogP) is 3.35.